The lowest BCUT2D eigenvalue weighted by Crippen LogP contribution is -2.18. The Kier molecular flexibility index (Phi) is 2.35. The van der Waals surface area contributed by atoms with Crippen LogP contribution in [0.25, 0.3) is 16.8 Å². The van der Waals surface area contributed by atoms with Gasteiger partial charge in [-0.3, -0.25) is 4.79 Å². The molecule has 0 saturated heterocycles. The van der Waals surface area contributed by atoms with Crippen LogP contribution in [0.1, 0.15) is 5.56 Å². The summed E-state index contributed by atoms with van der Waals surface area (Å²) >= 11 is 1.29. The minimum Gasteiger partial charge on any atom is -0.323 e. The second kappa shape index (κ2) is 3.89. The van der Waals surface area contributed by atoms with Crippen molar-refractivity contribution in [2.45, 2.75) is 5.03 Å². The van der Waals surface area contributed by atoms with Crippen LogP contribution in [0.3, 0.4) is 0 Å². The molecule has 0 saturated carbocycles. The molecule has 0 aliphatic heterocycles. The first-order chi connectivity index (χ1) is 8.76. The molecule has 1 aromatic carbocycles. The van der Waals surface area contributed by atoms with E-state index in [1.807, 2.05) is 30.3 Å². The number of thioether (sulfide) groups is 1. The summed E-state index contributed by atoms with van der Waals surface area (Å²) in [5.74, 6) is 0.463. The van der Waals surface area contributed by atoms with Gasteiger partial charge < -0.3 is 4.98 Å². The van der Waals surface area contributed by atoms with Crippen molar-refractivity contribution in [2.75, 3.05) is 6.26 Å². The molecule has 0 fully saturated rings. The highest BCUT2D eigenvalue weighted by molar-refractivity contribution is 7.98. The van der Waals surface area contributed by atoms with Crippen LogP contribution in [0.2, 0.25) is 0 Å². The molecule has 0 bridgehead atoms. The number of aromatic amines is 1. The molecule has 88 valence electrons. The largest absolute Gasteiger partial charge is 0.323 e. The molecule has 6 heteroatoms. The van der Waals surface area contributed by atoms with Crippen LogP contribution < -0.4 is 5.56 Å². The molecule has 3 aromatic rings. The quantitative estimate of drug-likeness (QED) is 0.532. The third-order valence-electron chi connectivity index (χ3n) is 2.75. The topological polar surface area (TPSA) is 74.0 Å². The molecule has 0 aliphatic rings. The molecule has 1 N–H and O–H groups in total. The highest BCUT2D eigenvalue weighted by Crippen LogP contribution is 2.18. The Balaban J connectivity index is 2.60. The van der Waals surface area contributed by atoms with Gasteiger partial charge in [0.1, 0.15) is 16.7 Å². The summed E-state index contributed by atoms with van der Waals surface area (Å²) in [5.41, 5.74) is 1.31. The van der Waals surface area contributed by atoms with E-state index < -0.39 is 0 Å². The summed E-state index contributed by atoms with van der Waals surface area (Å²) in [4.78, 5) is 19.7. The van der Waals surface area contributed by atoms with Crippen molar-refractivity contribution in [2.24, 2.45) is 0 Å². The van der Waals surface area contributed by atoms with Crippen molar-refractivity contribution < 1.29 is 0 Å². The van der Waals surface area contributed by atoms with Gasteiger partial charge in [-0.25, -0.2) is 9.38 Å². The average Bonchev–Trinajstić information content (AvgIpc) is 2.76. The second-order valence-corrected chi connectivity index (χ2v) is 4.51. The lowest BCUT2D eigenvalue weighted by molar-refractivity contribution is 0.989. The van der Waals surface area contributed by atoms with Gasteiger partial charge in [0, 0.05) is 0 Å². The van der Waals surface area contributed by atoms with E-state index in [1.54, 1.807) is 6.26 Å². The number of para-hydroxylation sites is 2. The number of nitriles is 1. The third-order valence-corrected chi connectivity index (χ3v) is 3.43. The fourth-order valence-electron chi connectivity index (χ4n) is 1.95. The molecule has 0 radical (unpaired) electrons. The molecule has 2 heterocycles. The van der Waals surface area contributed by atoms with Crippen molar-refractivity contribution in [3.05, 3.63) is 40.2 Å². The predicted molar refractivity (Wildman–Crippen MR) is 69.8 cm³/mol. The molecule has 18 heavy (non-hydrogen) atoms. The molecule has 0 amide bonds. The lowest BCUT2D eigenvalue weighted by atomic mass is 10.3. The lowest BCUT2D eigenvalue weighted by Gasteiger charge is -1.99. The van der Waals surface area contributed by atoms with Crippen molar-refractivity contribution in [3.63, 3.8) is 0 Å². The second-order valence-electron chi connectivity index (χ2n) is 3.71. The van der Waals surface area contributed by atoms with Gasteiger partial charge in [0.2, 0.25) is 5.78 Å². The van der Waals surface area contributed by atoms with Gasteiger partial charge in [-0.2, -0.15) is 5.26 Å². The molecular formula is C12H8N4OS. The number of nitrogens with one attached hydrogen (secondary N) is 1. The van der Waals surface area contributed by atoms with E-state index >= 15 is 0 Å². The van der Waals surface area contributed by atoms with E-state index in [0.717, 1.165) is 11.0 Å². The summed E-state index contributed by atoms with van der Waals surface area (Å²) in [6, 6.07) is 9.34. The van der Waals surface area contributed by atoms with E-state index in [9.17, 15) is 4.79 Å². The molecular weight excluding hydrogens is 248 g/mol. The van der Waals surface area contributed by atoms with Crippen LogP contribution in [-0.4, -0.2) is 20.6 Å². The molecule has 0 atom stereocenters. The molecule has 0 aliphatic carbocycles. The maximum atomic E-state index is 12.3. The Morgan fingerprint density at radius 3 is 2.94 bits per heavy atom. The Labute approximate surface area is 106 Å². The summed E-state index contributed by atoms with van der Waals surface area (Å²) in [5, 5.41) is 9.53. The molecule has 3 rings (SSSR count). The first kappa shape index (κ1) is 10.9. The van der Waals surface area contributed by atoms with Crippen LogP contribution in [0.15, 0.2) is 34.1 Å². The van der Waals surface area contributed by atoms with E-state index in [-0.39, 0.29) is 11.1 Å². The molecule has 2 aromatic heterocycles. The van der Waals surface area contributed by atoms with Crippen molar-refractivity contribution >= 4 is 28.6 Å². The molecule has 0 spiro atoms. The van der Waals surface area contributed by atoms with E-state index in [1.165, 1.54) is 16.2 Å². The number of fused-ring (bicyclic) bond motifs is 3. The minimum absolute atomic E-state index is 0.0877. The van der Waals surface area contributed by atoms with E-state index in [2.05, 4.69) is 9.97 Å². The van der Waals surface area contributed by atoms with Crippen LogP contribution in [0.4, 0.5) is 0 Å². The van der Waals surface area contributed by atoms with Gasteiger partial charge in [0.25, 0.3) is 5.56 Å². The standard InChI is InChI=1S/C12H8N4OS/c1-18-10-7(6-13)11(17)16-9-5-3-2-4-8(9)14-12(16)15-10/h2-5H,1H3,(H,14,15). The van der Waals surface area contributed by atoms with Gasteiger partial charge in [0.05, 0.1) is 11.0 Å². The summed E-state index contributed by atoms with van der Waals surface area (Å²) in [6.45, 7) is 0. The summed E-state index contributed by atoms with van der Waals surface area (Å²) < 4.78 is 1.44. The maximum Gasteiger partial charge on any atom is 0.278 e. The number of H-pyrrole nitrogens is 1. The fraction of sp³-hybridized carbons (Fsp3) is 0.0833. The Hall–Kier alpha value is -2.26. The summed E-state index contributed by atoms with van der Waals surface area (Å²) in [7, 11) is 0. The Morgan fingerprint density at radius 2 is 2.22 bits per heavy atom. The van der Waals surface area contributed by atoms with Gasteiger partial charge in [0.15, 0.2) is 0 Å². The SMILES string of the molecule is CSc1nc2[nH]c3ccccc3n2c(=O)c1C#N. The smallest absolute Gasteiger partial charge is 0.278 e. The van der Waals surface area contributed by atoms with Crippen LogP contribution >= 0.6 is 11.8 Å². The fourth-order valence-corrected chi connectivity index (χ4v) is 2.46. The average molecular weight is 256 g/mol. The monoisotopic (exact) mass is 256 g/mol. The number of nitrogens with zero attached hydrogens (tertiary/aromatic N) is 3. The van der Waals surface area contributed by atoms with Crippen molar-refractivity contribution in [1.82, 2.24) is 14.4 Å². The predicted octanol–water partition coefficient (Wildman–Crippen LogP) is 1.77. The van der Waals surface area contributed by atoms with Crippen LogP contribution in [0.5, 0.6) is 0 Å². The normalized spacial score (nSPS) is 10.9. The zero-order valence-corrected chi connectivity index (χ0v) is 10.3. The van der Waals surface area contributed by atoms with Gasteiger partial charge in [-0.05, 0) is 18.4 Å². The molecule has 0 unspecified atom stereocenters. The first-order valence-corrected chi connectivity index (χ1v) is 6.46. The number of hydrogen-bond donors (Lipinski definition) is 1. The Bertz CT molecular complexity index is 856. The zero-order chi connectivity index (χ0) is 12.7. The number of hydrogen-bond acceptors (Lipinski definition) is 4. The summed E-state index contributed by atoms with van der Waals surface area (Å²) in [6.07, 6.45) is 1.79. The zero-order valence-electron chi connectivity index (χ0n) is 9.47. The van der Waals surface area contributed by atoms with Crippen molar-refractivity contribution in [3.8, 4) is 6.07 Å². The number of rotatable bonds is 1. The van der Waals surface area contributed by atoms with Gasteiger partial charge in [-0.15, -0.1) is 11.8 Å². The van der Waals surface area contributed by atoms with E-state index in [4.69, 9.17) is 5.26 Å². The first-order valence-electron chi connectivity index (χ1n) is 5.24. The number of benzene rings is 1. The van der Waals surface area contributed by atoms with E-state index in [0.29, 0.717) is 10.8 Å². The van der Waals surface area contributed by atoms with Crippen molar-refractivity contribution in [1.29, 1.82) is 5.26 Å². The highest BCUT2D eigenvalue weighted by atomic mass is 32.2. The minimum atomic E-state index is -0.329. The third kappa shape index (κ3) is 1.34. The van der Waals surface area contributed by atoms with Gasteiger partial charge in [-0.1, -0.05) is 12.1 Å². The Morgan fingerprint density at radius 1 is 1.44 bits per heavy atom. The maximum absolute atomic E-state index is 12.3. The van der Waals surface area contributed by atoms with Crippen LogP contribution in [-0.2, 0) is 0 Å². The number of aromatic nitrogens is 3. The molecule has 5 nitrogen and oxygen atoms in total. The van der Waals surface area contributed by atoms with Gasteiger partial charge >= 0.3 is 0 Å². The number of imidazole rings is 1. The highest BCUT2D eigenvalue weighted by Gasteiger charge is 2.14. The van der Waals surface area contributed by atoms with Crippen LogP contribution in [0, 0.1) is 11.3 Å².